The van der Waals surface area contributed by atoms with E-state index in [2.05, 4.69) is 9.97 Å². The van der Waals surface area contributed by atoms with Crippen LogP contribution in [0, 0.1) is 0 Å². The van der Waals surface area contributed by atoms with Crippen LogP contribution in [0.2, 0.25) is 5.02 Å². The lowest BCUT2D eigenvalue weighted by Crippen LogP contribution is -2.24. The first-order valence-electron chi connectivity index (χ1n) is 7.50. The molecule has 8 heteroatoms. The molecule has 0 radical (unpaired) electrons. The minimum Gasteiger partial charge on any atom is -0.492 e. The number of nitrogens with one attached hydrogen (secondary N) is 1. The van der Waals surface area contributed by atoms with E-state index >= 15 is 0 Å². The van der Waals surface area contributed by atoms with Crippen LogP contribution in [0.15, 0.2) is 32.2 Å². The van der Waals surface area contributed by atoms with E-state index in [0.717, 1.165) is 19.3 Å². The Kier molecular flexibility index (Phi) is 4.82. The molecule has 1 aromatic carbocycles. The Labute approximate surface area is 141 Å². The fourth-order valence-electron chi connectivity index (χ4n) is 2.35. The molecule has 0 bridgehead atoms. The smallest absolute Gasteiger partial charge is 0.351 e. The Hall–Kier alpha value is -2.38. The largest absolute Gasteiger partial charge is 0.492 e. The van der Waals surface area contributed by atoms with Crippen molar-refractivity contribution < 1.29 is 14.3 Å². The minimum absolute atomic E-state index is 0.0711. The van der Waals surface area contributed by atoms with Gasteiger partial charge in [0.05, 0.1) is 6.61 Å². The van der Waals surface area contributed by atoms with Crippen molar-refractivity contribution in [2.75, 3.05) is 13.2 Å². The molecule has 24 heavy (non-hydrogen) atoms. The molecule has 0 aromatic heterocycles. The van der Waals surface area contributed by atoms with Crippen molar-refractivity contribution in [2.24, 2.45) is 0 Å². The number of nitrogens with zero attached hydrogens (tertiary/aromatic N) is 1. The quantitative estimate of drug-likeness (QED) is 0.521. The maximum atomic E-state index is 11.8. The van der Waals surface area contributed by atoms with Crippen molar-refractivity contribution in [3.8, 4) is 17.2 Å². The molecule has 2 heterocycles. The van der Waals surface area contributed by atoms with Gasteiger partial charge in [-0.15, -0.1) is 0 Å². The molecule has 1 aromatic rings. The lowest BCUT2D eigenvalue weighted by Gasteiger charge is -2.11. The predicted molar refractivity (Wildman–Crippen MR) is 89.0 cm³/mol. The van der Waals surface area contributed by atoms with Crippen molar-refractivity contribution >= 4 is 22.6 Å². The summed E-state index contributed by atoms with van der Waals surface area (Å²) in [5, 5.41) is 9.60. The zero-order valence-electron chi connectivity index (χ0n) is 12.7. The number of aliphatic hydroxyl groups is 1. The lowest BCUT2D eigenvalue weighted by molar-refractivity contribution is 0.266. The molecule has 0 saturated carbocycles. The molecule has 2 aliphatic heterocycles. The normalized spacial score (nSPS) is 11.2. The maximum absolute atomic E-state index is 11.8. The van der Waals surface area contributed by atoms with Crippen LogP contribution in [0.4, 0.5) is 0 Å². The van der Waals surface area contributed by atoms with Crippen LogP contribution in [-0.2, 0) is 0 Å². The van der Waals surface area contributed by atoms with Crippen LogP contribution in [0.3, 0.4) is 0 Å². The molecule has 0 amide bonds. The van der Waals surface area contributed by atoms with E-state index in [9.17, 15) is 9.59 Å². The van der Waals surface area contributed by atoms with Crippen molar-refractivity contribution in [1.82, 2.24) is 9.97 Å². The molecular formula is C16H15ClN2O5. The first kappa shape index (κ1) is 16.5. The molecule has 0 spiro atoms. The fraction of sp³-hybridized carbons (Fsp3) is 0.312. The van der Waals surface area contributed by atoms with Gasteiger partial charge >= 0.3 is 5.69 Å². The van der Waals surface area contributed by atoms with Gasteiger partial charge in [0, 0.05) is 12.0 Å². The number of hydrogen-bond donors (Lipinski definition) is 2. The maximum Gasteiger partial charge on any atom is 0.351 e. The Morgan fingerprint density at radius 2 is 2.08 bits per heavy atom. The van der Waals surface area contributed by atoms with Crippen molar-refractivity contribution in [3.05, 3.63) is 44.1 Å². The molecular weight excluding hydrogens is 336 g/mol. The third-order valence-electron chi connectivity index (χ3n) is 3.55. The molecule has 0 aliphatic carbocycles. The zero-order valence-corrected chi connectivity index (χ0v) is 13.4. The lowest BCUT2D eigenvalue weighted by atomic mass is 10.1. The van der Waals surface area contributed by atoms with Crippen molar-refractivity contribution in [2.45, 2.75) is 19.3 Å². The molecule has 0 unspecified atom stereocenters. The van der Waals surface area contributed by atoms with E-state index in [1.807, 2.05) is 0 Å². The highest BCUT2D eigenvalue weighted by atomic mass is 35.5. The summed E-state index contributed by atoms with van der Waals surface area (Å²) in [4.78, 5) is 28.9. The van der Waals surface area contributed by atoms with Crippen molar-refractivity contribution in [3.63, 3.8) is 0 Å². The third kappa shape index (κ3) is 3.27. The number of unbranched alkanes of at least 4 members (excludes halogenated alkanes) is 2. The highest BCUT2D eigenvalue weighted by molar-refractivity contribution is 6.36. The van der Waals surface area contributed by atoms with Gasteiger partial charge in [-0.2, -0.15) is 4.98 Å². The number of H-pyrrole nitrogens is 1. The fourth-order valence-corrected chi connectivity index (χ4v) is 2.62. The molecule has 0 fully saturated rings. The Bertz CT molecular complexity index is 949. The summed E-state index contributed by atoms with van der Waals surface area (Å²) < 4.78 is 11.2. The second-order valence-electron chi connectivity index (χ2n) is 5.27. The second kappa shape index (κ2) is 7.02. The Balaban J connectivity index is 1.96. The summed E-state index contributed by atoms with van der Waals surface area (Å²) in [7, 11) is 0. The molecule has 126 valence electrons. The third-order valence-corrected chi connectivity index (χ3v) is 3.91. The molecule has 2 N–H and O–H groups in total. The Morgan fingerprint density at radius 1 is 1.25 bits per heavy atom. The number of hydrogen-bond acceptors (Lipinski definition) is 6. The highest BCUT2D eigenvalue weighted by Crippen LogP contribution is 2.35. The summed E-state index contributed by atoms with van der Waals surface area (Å²) in [5.74, 6) is 0.377. The van der Waals surface area contributed by atoms with E-state index in [-0.39, 0.29) is 23.1 Å². The van der Waals surface area contributed by atoms with Gasteiger partial charge in [0.15, 0.2) is 5.58 Å². The van der Waals surface area contributed by atoms with Crippen LogP contribution in [0.5, 0.6) is 5.75 Å². The summed E-state index contributed by atoms with van der Waals surface area (Å²) in [6, 6.07) is 4.98. The van der Waals surface area contributed by atoms with Crippen LogP contribution >= 0.6 is 11.6 Å². The molecule has 7 nitrogen and oxygen atoms in total. The van der Waals surface area contributed by atoms with Crippen LogP contribution in [0.25, 0.3) is 22.4 Å². The van der Waals surface area contributed by atoms with E-state index in [4.69, 9.17) is 25.9 Å². The molecule has 3 rings (SSSR count). The second-order valence-corrected chi connectivity index (χ2v) is 5.64. The van der Waals surface area contributed by atoms with Crippen LogP contribution in [0.1, 0.15) is 19.3 Å². The summed E-state index contributed by atoms with van der Waals surface area (Å²) >= 11 is 6.31. The number of aliphatic hydroxyl groups excluding tert-OH is 1. The SMILES string of the molecule is O=c1nc2oc3c(Cl)c(OCCCCCO)ccc3cc-2c(=O)[nH]1. The molecule has 2 aliphatic rings. The molecule has 0 saturated heterocycles. The topological polar surface area (TPSA) is 105 Å². The van der Waals surface area contributed by atoms with E-state index in [1.54, 1.807) is 18.2 Å². The first-order valence-corrected chi connectivity index (χ1v) is 7.88. The van der Waals surface area contributed by atoms with Crippen LogP contribution in [-0.4, -0.2) is 28.3 Å². The summed E-state index contributed by atoms with van der Waals surface area (Å²) in [6.07, 6.45) is 2.38. The summed E-state index contributed by atoms with van der Waals surface area (Å²) in [6.45, 7) is 0.623. The van der Waals surface area contributed by atoms with Gasteiger partial charge in [-0.3, -0.25) is 9.78 Å². The predicted octanol–water partition coefficient (Wildman–Crippen LogP) is 2.18. The minimum atomic E-state index is -0.775. The number of halogens is 1. The van der Waals surface area contributed by atoms with Gasteiger partial charge < -0.3 is 14.3 Å². The van der Waals surface area contributed by atoms with E-state index < -0.39 is 11.2 Å². The average molecular weight is 351 g/mol. The number of aromatic nitrogens is 2. The van der Waals surface area contributed by atoms with Gasteiger partial charge in [-0.25, -0.2) is 4.79 Å². The number of benzene rings is 1. The molecule has 0 atom stereocenters. The Morgan fingerprint density at radius 3 is 2.88 bits per heavy atom. The van der Waals surface area contributed by atoms with Gasteiger partial charge in [0.25, 0.3) is 5.56 Å². The first-order chi connectivity index (χ1) is 11.6. The monoisotopic (exact) mass is 350 g/mol. The number of ether oxygens (including phenoxy) is 1. The van der Waals surface area contributed by atoms with Gasteiger partial charge in [-0.1, -0.05) is 11.6 Å². The van der Waals surface area contributed by atoms with Crippen molar-refractivity contribution in [1.29, 1.82) is 0 Å². The van der Waals surface area contributed by atoms with E-state index in [0.29, 0.717) is 23.3 Å². The average Bonchev–Trinajstić information content (AvgIpc) is 2.55. The van der Waals surface area contributed by atoms with Gasteiger partial charge in [0.1, 0.15) is 16.3 Å². The summed E-state index contributed by atoms with van der Waals surface area (Å²) in [5.41, 5.74) is -0.857. The van der Waals surface area contributed by atoms with Gasteiger partial charge in [0.2, 0.25) is 5.89 Å². The van der Waals surface area contributed by atoms with Gasteiger partial charge in [-0.05, 0) is 37.5 Å². The van der Waals surface area contributed by atoms with E-state index in [1.165, 1.54) is 0 Å². The van der Waals surface area contributed by atoms with Crippen LogP contribution < -0.4 is 16.0 Å². The highest BCUT2D eigenvalue weighted by Gasteiger charge is 2.17. The standard InChI is InChI=1S/C16H15ClN2O5/c17-12-11(23-7-3-1-2-6-20)5-4-9-8-10-14(21)18-16(22)19-15(10)24-13(9)12/h4-5,8,20H,1-3,6-7H2,(H,18,21,22). The number of aromatic amines is 1. The number of fused-ring (bicyclic) bond motifs is 2. The zero-order chi connectivity index (χ0) is 17.1. The number of rotatable bonds is 6.